The minimum absolute atomic E-state index is 0.0198. The van der Waals surface area contributed by atoms with Crippen LogP contribution in [0, 0.1) is 0 Å². The van der Waals surface area contributed by atoms with Gasteiger partial charge in [0.2, 0.25) is 5.91 Å². The zero-order chi connectivity index (χ0) is 13.9. The van der Waals surface area contributed by atoms with Crippen molar-refractivity contribution in [2.45, 2.75) is 57.4 Å². The predicted octanol–water partition coefficient (Wildman–Crippen LogP) is 0.538. The Morgan fingerprint density at radius 3 is 2.44 bits per heavy atom. The number of likely N-dealkylation sites (tertiary alicyclic amines) is 1. The molecule has 106 valence electrons. The monoisotopic (exact) mass is 276 g/mol. The molecule has 2 N–H and O–H groups in total. The lowest BCUT2D eigenvalue weighted by Gasteiger charge is -2.38. The van der Waals surface area contributed by atoms with E-state index in [1.54, 1.807) is 18.7 Å². The highest BCUT2D eigenvalue weighted by Crippen LogP contribution is 2.20. The Kier molecular flexibility index (Phi) is 5.16. The van der Waals surface area contributed by atoms with E-state index in [1.807, 2.05) is 6.92 Å². The van der Waals surface area contributed by atoms with Gasteiger partial charge in [0.1, 0.15) is 5.75 Å². The number of carbonyl (C=O) groups excluding carboxylic acids is 1. The lowest BCUT2D eigenvalue weighted by molar-refractivity contribution is -0.132. The minimum atomic E-state index is -3.33. The van der Waals surface area contributed by atoms with Crippen LogP contribution in [0.1, 0.15) is 40.0 Å². The number of amides is 1. The first-order valence-electron chi connectivity index (χ1n) is 6.52. The molecule has 1 saturated heterocycles. The number of sulfone groups is 1. The molecule has 1 fully saturated rings. The molecule has 1 rings (SSSR count). The van der Waals surface area contributed by atoms with Crippen LogP contribution in [0.25, 0.3) is 0 Å². The third-order valence-electron chi connectivity index (χ3n) is 3.52. The molecule has 0 radical (unpaired) electrons. The maximum atomic E-state index is 12.1. The summed E-state index contributed by atoms with van der Waals surface area (Å²) < 4.78 is 23.6. The fourth-order valence-electron chi connectivity index (χ4n) is 2.24. The van der Waals surface area contributed by atoms with Gasteiger partial charge in [-0.05, 0) is 40.0 Å². The number of rotatable bonds is 4. The van der Waals surface area contributed by atoms with Crippen LogP contribution in [0.3, 0.4) is 0 Å². The van der Waals surface area contributed by atoms with Gasteiger partial charge in [0, 0.05) is 18.6 Å². The Labute approximate surface area is 110 Å². The molecule has 1 aliphatic rings. The predicted molar refractivity (Wildman–Crippen MR) is 71.9 cm³/mol. The van der Waals surface area contributed by atoms with Crippen molar-refractivity contribution < 1.29 is 13.2 Å². The van der Waals surface area contributed by atoms with E-state index < -0.39 is 20.8 Å². The highest BCUT2D eigenvalue weighted by Gasteiger charge is 2.32. The summed E-state index contributed by atoms with van der Waals surface area (Å²) in [5.74, 6) is -0.695. The van der Waals surface area contributed by atoms with Crippen LogP contribution in [0.2, 0.25) is 0 Å². The minimum Gasteiger partial charge on any atom is -0.337 e. The highest BCUT2D eigenvalue weighted by atomic mass is 32.2. The summed E-state index contributed by atoms with van der Waals surface area (Å²) in [6, 6.07) is -0.135. The second-order valence-electron chi connectivity index (χ2n) is 5.37. The smallest absolute Gasteiger partial charge is 0.238 e. The van der Waals surface area contributed by atoms with Crippen molar-refractivity contribution in [1.82, 2.24) is 4.90 Å². The first-order chi connectivity index (χ1) is 8.25. The lowest BCUT2D eigenvalue weighted by atomic mass is 9.97. The van der Waals surface area contributed by atoms with Crippen molar-refractivity contribution in [2.24, 2.45) is 5.73 Å². The van der Waals surface area contributed by atoms with Crippen molar-refractivity contribution in [3.05, 3.63) is 0 Å². The first kappa shape index (κ1) is 15.4. The standard InChI is InChI=1S/C12H24N2O3S/c1-9(2)18(16,17)8-12(15)14-7-5-4-6-11(14)10(3)13/h9-11H,4-8,13H2,1-3H3. The van der Waals surface area contributed by atoms with Crippen molar-refractivity contribution >= 4 is 15.7 Å². The summed E-state index contributed by atoms with van der Waals surface area (Å²) in [5.41, 5.74) is 5.88. The molecule has 1 aliphatic heterocycles. The number of carbonyl (C=O) groups is 1. The summed E-state index contributed by atoms with van der Waals surface area (Å²) in [6.07, 6.45) is 2.84. The Morgan fingerprint density at radius 2 is 1.94 bits per heavy atom. The fraction of sp³-hybridized carbons (Fsp3) is 0.917. The maximum Gasteiger partial charge on any atom is 0.238 e. The summed E-state index contributed by atoms with van der Waals surface area (Å²) in [6.45, 7) is 5.69. The number of hydrogen-bond donors (Lipinski definition) is 1. The van der Waals surface area contributed by atoms with E-state index in [-0.39, 0.29) is 18.0 Å². The molecule has 5 nitrogen and oxygen atoms in total. The Bertz CT molecular complexity index is 390. The number of nitrogens with two attached hydrogens (primary N) is 1. The average Bonchev–Trinajstić information content (AvgIpc) is 2.28. The number of nitrogens with zero attached hydrogens (tertiary/aromatic N) is 1. The van der Waals surface area contributed by atoms with Gasteiger partial charge >= 0.3 is 0 Å². The molecule has 0 aliphatic carbocycles. The quantitative estimate of drug-likeness (QED) is 0.812. The van der Waals surface area contributed by atoms with Gasteiger partial charge < -0.3 is 10.6 Å². The maximum absolute atomic E-state index is 12.1. The van der Waals surface area contributed by atoms with Crippen LogP contribution in [-0.4, -0.2) is 48.9 Å². The molecular weight excluding hydrogens is 252 g/mol. The van der Waals surface area contributed by atoms with Gasteiger partial charge in [0.05, 0.1) is 5.25 Å². The second-order valence-corrected chi connectivity index (χ2v) is 7.92. The van der Waals surface area contributed by atoms with E-state index in [0.29, 0.717) is 6.54 Å². The summed E-state index contributed by atoms with van der Waals surface area (Å²) >= 11 is 0. The molecule has 0 bridgehead atoms. The average molecular weight is 276 g/mol. The SMILES string of the molecule is CC(N)C1CCCCN1C(=O)CS(=O)(=O)C(C)C. The fourth-order valence-corrected chi connectivity index (χ4v) is 3.08. The van der Waals surface area contributed by atoms with Crippen LogP contribution < -0.4 is 5.73 Å². The first-order valence-corrected chi connectivity index (χ1v) is 8.24. The van der Waals surface area contributed by atoms with Crippen LogP contribution in [0.15, 0.2) is 0 Å². The van der Waals surface area contributed by atoms with Crippen LogP contribution in [0.5, 0.6) is 0 Å². The van der Waals surface area contributed by atoms with Gasteiger partial charge in [-0.2, -0.15) is 0 Å². The zero-order valence-electron chi connectivity index (χ0n) is 11.4. The Morgan fingerprint density at radius 1 is 1.33 bits per heavy atom. The largest absolute Gasteiger partial charge is 0.337 e. The second kappa shape index (κ2) is 6.02. The molecule has 2 atom stereocenters. The van der Waals surface area contributed by atoms with Crippen molar-refractivity contribution in [2.75, 3.05) is 12.3 Å². The van der Waals surface area contributed by atoms with E-state index >= 15 is 0 Å². The number of hydrogen-bond acceptors (Lipinski definition) is 4. The molecule has 0 aromatic heterocycles. The van der Waals surface area contributed by atoms with E-state index in [9.17, 15) is 13.2 Å². The molecule has 0 aromatic rings. The molecule has 2 unspecified atom stereocenters. The third-order valence-corrected chi connectivity index (χ3v) is 5.61. The van der Waals surface area contributed by atoms with Crippen molar-refractivity contribution in [3.63, 3.8) is 0 Å². The van der Waals surface area contributed by atoms with E-state index in [4.69, 9.17) is 5.73 Å². The molecular formula is C12H24N2O3S. The van der Waals surface area contributed by atoms with Crippen molar-refractivity contribution in [1.29, 1.82) is 0 Å². The van der Waals surface area contributed by atoms with Gasteiger partial charge in [0.25, 0.3) is 0 Å². The molecule has 0 aromatic carbocycles. The molecule has 0 saturated carbocycles. The van der Waals surface area contributed by atoms with Crippen LogP contribution in [-0.2, 0) is 14.6 Å². The van der Waals surface area contributed by atoms with E-state index in [1.165, 1.54) is 0 Å². The van der Waals surface area contributed by atoms with Gasteiger partial charge in [-0.1, -0.05) is 0 Å². The lowest BCUT2D eigenvalue weighted by Crippen LogP contribution is -2.53. The molecule has 1 heterocycles. The van der Waals surface area contributed by atoms with E-state index in [0.717, 1.165) is 19.3 Å². The molecule has 6 heteroatoms. The Balaban J connectivity index is 2.76. The molecule has 1 amide bonds. The van der Waals surface area contributed by atoms with Gasteiger partial charge in [-0.15, -0.1) is 0 Å². The van der Waals surface area contributed by atoms with Crippen LogP contribution >= 0.6 is 0 Å². The summed E-state index contributed by atoms with van der Waals surface area (Å²) in [7, 11) is -3.33. The molecule has 18 heavy (non-hydrogen) atoms. The van der Waals surface area contributed by atoms with Gasteiger partial charge in [0.15, 0.2) is 9.84 Å². The topological polar surface area (TPSA) is 80.5 Å². The summed E-state index contributed by atoms with van der Waals surface area (Å²) in [5, 5.41) is -0.514. The third kappa shape index (κ3) is 3.68. The van der Waals surface area contributed by atoms with Crippen LogP contribution in [0.4, 0.5) is 0 Å². The molecule has 0 spiro atoms. The summed E-state index contributed by atoms with van der Waals surface area (Å²) in [4.78, 5) is 13.8. The van der Waals surface area contributed by atoms with E-state index in [2.05, 4.69) is 0 Å². The normalized spacial score (nSPS) is 23.2. The van der Waals surface area contributed by atoms with Gasteiger partial charge in [-0.3, -0.25) is 4.79 Å². The van der Waals surface area contributed by atoms with Crippen molar-refractivity contribution in [3.8, 4) is 0 Å². The Hall–Kier alpha value is -0.620. The number of piperidine rings is 1. The van der Waals surface area contributed by atoms with Gasteiger partial charge in [-0.25, -0.2) is 8.42 Å². The highest BCUT2D eigenvalue weighted by molar-refractivity contribution is 7.92. The zero-order valence-corrected chi connectivity index (χ0v) is 12.2.